The van der Waals surface area contributed by atoms with Gasteiger partial charge in [-0.15, -0.1) is 11.3 Å². The lowest BCUT2D eigenvalue weighted by molar-refractivity contribution is 0.487. The molecule has 9 aromatic carbocycles. The Hall–Kier alpha value is -6.94. The van der Waals surface area contributed by atoms with Crippen molar-refractivity contribution in [1.29, 1.82) is 0 Å². The fourth-order valence-corrected chi connectivity index (χ4v) is 9.46. The standard InChI is InChI=1S/C52H33NOS/c1-4-14-34(15-5-1)37-30-38(35-16-6-2-7-17-35)32-40(31-37)53(46-23-13-25-50-52(46)45-20-10-11-24-49(45)55-50)39-26-27-42-44-22-12-21-43-41(36-18-8-3-9-19-36)28-29-47(51(43)44)54-48(42)33-39/h1-33H. The summed E-state index contributed by atoms with van der Waals surface area (Å²) >= 11 is 1.84. The summed E-state index contributed by atoms with van der Waals surface area (Å²) in [4.78, 5) is 2.43. The Kier molecular flexibility index (Phi) is 7.39. The van der Waals surface area contributed by atoms with Gasteiger partial charge in [0, 0.05) is 48.6 Å². The molecule has 2 heterocycles. The van der Waals surface area contributed by atoms with Crippen molar-refractivity contribution < 1.29 is 4.74 Å². The minimum absolute atomic E-state index is 0.847. The smallest absolute Gasteiger partial charge is 0.137 e. The van der Waals surface area contributed by atoms with E-state index in [-0.39, 0.29) is 0 Å². The molecule has 3 heteroatoms. The molecule has 55 heavy (non-hydrogen) atoms. The summed E-state index contributed by atoms with van der Waals surface area (Å²) in [5.74, 6) is 1.73. The van der Waals surface area contributed by atoms with Gasteiger partial charge in [0.1, 0.15) is 11.5 Å². The van der Waals surface area contributed by atoms with Crippen LogP contribution >= 0.6 is 11.3 Å². The molecule has 0 unspecified atom stereocenters. The number of rotatable bonds is 6. The molecule has 0 amide bonds. The summed E-state index contributed by atoms with van der Waals surface area (Å²) in [5.41, 5.74) is 12.6. The molecular weight excluding hydrogens is 687 g/mol. The Morgan fingerprint density at radius 1 is 0.345 bits per heavy atom. The third-order valence-corrected chi connectivity index (χ3v) is 12.0. The second-order valence-corrected chi connectivity index (χ2v) is 15.2. The Balaban J connectivity index is 1.15. The van der Waals surface area contributed by atoms with Gasteiger partial charge in [-0.25, -0.2) is 0 Å². The molecule has 0 bridgehead atoms. The largest absolute Gasteiger partial charge is 0.456 e. The summed E-state index contributed by atoms with van der Waals surface area (Å²) in [6, 6.07) is 72.1. The van der Waals surface area contributed by atoms with Crippen LogP contribution in [0, 0.1) is 0 Å². The van der Waals surface area contributed by atoms with Crippen LogP contribution in [0.4, 0.5) is 17.1 Å². The van der Waals surface area contributed by atoms with Crippen LogP contribution in [0.2, 0.25) is 0 Å². The summed E-state index contributed by atoms with van der Waals surface area (Å²) in [6.07, 6.45) is 0. The van der Waals surface area contributed by atoms with Gasteiger partial charge in [-0.2, -0.15) is 0 Å². The zero-order valence-electron chi connectivity index (χ0n) is 29.8. The molecule has 0 spiro atoms. The maximum absolute atomic E-state index is 6.91. The van der Waals surface area contributed by atoms with Crippen molar-refractivity contribution in [2.24, 2.45) is 0 Å². The highest BCUT2D eigenvalue weighted by atomic mass is 32.1. The van der Waals surface area contributed by atoms with Crippen molar-refractivity contribution in [1.82, 2.24) is 0 Å². The fraction of sp³-hybridized carbons (Fsp3) is 0. The van der Waals surface area contributed by atoms with Gasteiger partial charge in [-0.3, -0.25) is 0 Å². The van der Waals surface area contributed by atoms with Crippen LogP contribution in [-0.4, -0.2) is 0 Å². The van der Waals surface area contributed by atoms with Gasteiger partial charge >= 0.3 is 0 Å². The molecule has 2 nitrogen and oxygen atoms in total. The first-order valence-corrected chi connectivity index (χ1v) is 19.5. The lowest BCUT2D eigenvalue weighted by atomic mass is 9.90. The zero-order chi connectivity index (χ0) is 36.3. The quantitative estimate of drug-likeness (QED) is 0.170. The molecule has 0 atom stereocenters. The van der Waals surface area contributed by atoms with E-state index in [1.54, 1.807) is 0 Å². The fourth-order valence-electron chi connectivity index (χ4n) is 8.33. The average molecular weight is 720 g/mol. The molecule has 0 saturated heterocycles. The molecule has 0 radical (unpaired) electrons. The maximum atomic E-state index is 6.91. The molecule has 10 aromatic rings. The van der Waals surface area contributed by atoms with Gasteiger partial charge in [0.05, 0.1) is 5.69 Å². The normalized spacial score (nSPS) is 11.8. The van der Waals surface area contributed by atoms with E-state index in [1.807, 2.05) is 11.3 Å². The van der Waals surface area contributed by atoms with E-state index in [2.05, 4.69) is 205 Å². The van der Waals surface area contributed by atoms with Crippen molar-refractivity contribution in [2.75, 3.05) is 4.90 Å². The first-order chi connectivity index (χ1) is 27.3. The molecule has 0 aliphatic carbocycles. The third-order valence-electron chi connectivity index (χ3n) is 10.8. The van der Waals surface area contributed by atoms with E-state index >= 15 is 0 Å². The number of hydrogen-bond acceptors (Lipinski definition) is 3. The van der Waals surface area contributed by atoms with Crippen molar-refractivity contribution in [3.8, 4) is 56.0 Å². The van der Waals surface area contributed by atoms with E-state index in [0.29, 0.717) is 0 Å². The first kappa shape index (κ1) is 31.6. The van der Waals surface area contributed by atoms with Crippen molar-refractivity contribution in [2.45, 2.75) is 0 Å². The Morgan fingerprint density at radius 3 is 1.71 bits per heavy atom. The van der Waals surface area contributed by atoms with Crippen molar-refractivity contribution in [3.63, 3.8) is 0 Å². The van der Waals surface area contributed by atoms with Crippen LogP contribution in [0.1, 0.15) is 0 Å². The molecule has 1 aromatic heterocycles. The second-order valence-electron chi connectivity index (χ2n) is 14.1. The van der Waals surface area contributed by atoms with E-state index in [4.69, 9.17) is 4.74 Å². The molecule has 0 N–H and O–H groups in total. The topological polar surface area (TPSA) is 12.5 Å². The van der Waals surface area contributed by atoms with E-state index < -0.39 is 0 Å². The minimum atomic E-state index is 0.847. The number of nitrogens with zero attached hydrogens (tertiary/aromatic N) is 1. The van der Waals surface area contributed by atoms with Crippen LogP contribution in [0.15, 0.2) is 200 Å². The van der Waals surface area contributed by atoms with Crippen LogP contribution in [0.3, 0.4) is 0 Å². The lowest BCUT2D eigenvalue weighted by Crippen LogP contribution is -2.11. The summed E-state index contributed by atoms with van der Waals surface area (Å²) < 4.78 is 9.45. The second kappa shape index (κ2) is 12.9. The molecule has 1 aliphatic heterocycles. The number of thiophene rings is 1. The third kappa shape index (κ3) is 5.32. The molecule has 0 saturated carbocycles. The van der Waals surface area contributed by atoms with Crippen molar-refractivity contribution >= 4 is 59.3 Å². The summed E-state index contributed by atoms with van der Waals surface area (Å²) in [6.45, 7) is 0. The highest BCUT2D eigenvalue weighted by molar-refractivity contribution is 7.26. The number of benzene rings is 9. The number of ether oxygens (including phenoxy) is 1. The first-order valence-electron chi connectivity index (χ1n) is 18.7. The van der Waals surface area contributed by atoms with Gasteiger partial charge in [0.15, 0.2) is 0 Å². The predicted octanol–water partition coefficient (Wildman–Crippen LogP) is 15.5. The number of fused-ring (bicyclic) bond motifs is 5. The van der Waals surface area contributed by atoms with Gasteiger partial charge < -0.3 is 9.64 Å². The zero-order valence-corrected chi connectivity index (χ0v) is 30.6. The van der Waals surface area contributed by atoms with Crippen LogP contribution in [-0.2, 0) is 0 Å². The summed E-state index contributed by atoms with van der Waals surface area (Å²) in [5, 5.41) is 4.85. The SMILES string of the molecule is c1ccc(-c2cc(-c3ccccc3)cc(N(c3ccc4c(c3)Oc3ccc(-c5ccccc5)c5cccc-4c35)c3cccc4sc5ccccc5c34)c2)cc1. The Bertz CT molecular complexity index is 3000. The van der Waals surface area contributed by atoms with Gasteiger partial charge in [0.25, 0.3) is 0 Å². The monoisotopic (exact) mass is 719 g/mol. The maximum Gasteiger partial charge on any atom is 0.137 e. The van der Waals surface area contributed by atoms with Gasteiger partial charge in [-0.05, 0) is 98.9 Å². The molecular formula is C52H33NOS. The Labute approximate surface area is 323 Å². The molecule has 258 valence electrons. The number of hydrogen-bond donors (Lipinski definition) is 0. The average Bonchev–Trinajstić information content (AvgIpc) is 3.64. The summed E-state index contributed by atoms with van der Waals surface area (Å²) in [7, 11) is 0. The highest BCUT2D eigenvalue weighted by Crippen LogP contribution is 2.52. The van der Waals surface area contributed by atoms with Crippen LogP contribution in [0.25, 0.3) is 75.5 Å². The molecule has 11 rings (SSSR count). The van der Waals surface area contributed by atoms with E-state index in [1.165, 1.54) is 53.4 Å². The molecule has 1 aliphatic rings. The van der Waals surface area contributed by atoms with Crippen molar-refractivity contribution in [3.05, 3.63) is 200 Å². The van der Waals surface area contributed by atoms with Crippen LogP contribution in [0.5, 0.6) is 11.5 Å². The van der Waals surface area contributed by atoms with Crippen LogP contribution < -0.4 is 9.64 Å². The van der Waals surface area contributed by atoms with E-state index in [0.717, 1.165) is 50.6 Å². The minimum Gasteiger partial charge on any atom is -0.456 e. The lowest BCUT2D eigenvalue weighted by Gasteiger charge is -2.29. The van der Waals surface area contributed by atoms with E-state index in [9.17, 15) is 0 Å². The number of anilines is 3. The predicted molar refractivity (Wildman–Crippen MR) is 233 cm³/mol. The Morgan fingerprint density at radius 2 is 0.964 bits per heavy atom. The van der Waals surface area contributed by atoms with Gasteiger partial charge in [0.2, 0.25) is 0 Å². The highest BCUT2D eigenvalue weighted by Gasteiger charge is 2.25. The molecule has 0 fully saturated rings. The van der Waals surface area contributed by atoms with Gasteiger partial charge in [-0.1, -0.05) is 140 Å².